The Hall–Kier alpha value is -4.59. The molecular weight excluding hydrogens is 468 g/mol. The minimum absolute atomic E-state index is 0.156. The zero-order valence-electron chi connectivity index (χ0n) is 20.8. The number of rotatable bonds is 6. The predicted octanol–water partition coefficient (Wildman–Crippen LogP) is 4.83. The second-order valence-electron chi connectivity index (χ2n) is 9.06. The van der Waals surface area contributed by atoms with E-state index < -0.39 is 5.97 Å². The van der Waals surface area contributed by atoms with E-state index in [0.29, 0.717) is 41.1 Å². The highest BCUT2D eigenvalue weighted by atomic mass is 16.5. The molecule has 1 aliphatic rings. The molecule has 0 spiro atoms. The van der Waals surface area contributed by atoms with E-state index >= 15 is 0 Å². The Bertz CT molecular complexity index is 1440. The standard InChI is InChI=1S/C29H28N4O4/c1-19-3-5-20(6-4-19)28(34)30-21-7-12-26-24(17-21)25(29(35)36)18-27(31-26)33-15-13-32(14-16-33)22-8-10-23(37-2)11-9-22/h3-12,17-18H,13-16H2,1-2H3,(H,30,34)(H,35,36). The molecule has 1 saturated heterocycles. The van der Waals surface area contributed by atoms with Crippen LogP contribution in [0.2, 0.25) is 0 Å². The molecule has 1 amide bonds. The molecule has 1 aliphatic heterocycles. The lowest BCUT2D eigenvalue weighted by Gasteiger charge is -2.37. The Kier molecular flexibility index (Phi) is 6.64. The SMILES string of the molecule is COc1ccc(N2CCN(c3cc(C(=O)O)c4cc(NC(=O)c5ccc(C)cc5)ccc4n3)CC2)cc1. The summed E-state index contributed by atoms with van der Waals surface area (Å²) in [4.78, 5) is 34.0. The van der Waals surface area contributed by atoms with Gasteiger partial charge in [0.2, 0.25) is 0 Å². The van der Waals surface area contributed by atoms with E-state index in [1.807, 2.05) is 43.3 Å². The highest BCUT2D eigenvalue weighted by molar-refractivity contribution is 6.08. The van der Waals surface area contributed by atoms with Gasteiger partial charge in [-0.2, -0.15) is 0 Å². The number of nitrogens with zero attached hydrogens (tertiary/aromatic N) is 3. The lowest BCUT2D eigenvalue weighted by molar-refractivity contribution is 0.0698. The highest BCUT2D eigenvalue weighted by Crippen LogP contribution is 2.28. The van der Waals surface area contributed by atoms with Crippen molar-refractivity contribution in [3.63, 3.8) is 0 Å². The summed E-state index contributed by atoms with van der Waals surface area (Å²) in [5.41, 5.74) is 3.97. The average molecular weight is 497 g/mol. The summed E-state index contributed by atoms with van der Waals surface area (Å²) >= 11 is 0. The third-order valence-electron chi connectivity index (χ3n) is 6.64. The Balaban J connectivity index is 1.35. The van der Waals surface area contributed by atoms with E-state index in [4.69, 9.17) is 9.72 Å². The summed E-state index contributed by atoms with van der Waals surface area (Å²) in [5, 5.41) is 13.3. The van der Waals surface area contributed by atoms with Gasteiger partial charge < -0.3 is 25.0 Å². The van der Waals surface area contributed by atoms with Gasteiger partial charge in [-0.1, -0.05) is 17.7 Å². The van der Waals surface area contributed by atoms with Crippen LogP contribution in [0.15, 0.2) is 72.8 Å². The second kappa shape index (κ2) is 10.2. The number of amides is 1. The number of pyridine rings is 1. The molecule has 0 bridgehead atoms. The number of nitrogens with one attached hydrogen (secondary N) is 1. The van der Waals surface area contributed by atoms with Gasteiger partial charge in [-0.15, -0.1) is 0 Å². The molecular formula is C29H28N4O4. The maximum absolute atomic E-state index is 12.6. The minimum atomic E-state index is -1.03. The fourth-order valence-electron chi connectivity index (χ4n) is 4.52. The van der Waals surface area contributed by atoms with Crippen molar-refractivity contribution < 1.29 is 19.4 Å². The van der Waals surface area contributed by atoms with E-state index in [1.165, 1.54) is 0 Å². The number of anilines is 3. The van der Waals surface area contributed by atoms with Crippen molar-refractivity contribution in [2.45, 2.75) is 6.92 Å². The van der Waals surface area contributed by atoms with E-state index in [1.54, 1.807) is 43.5 Å². The quantitative estimate of drug-likeness (QED) is 0.395. The van der Waals surface area contributed by atoms with Crippen LogP contribution in [0.3, 0.4) is 0 Å². The average Bonchev–Trinajstić information content (AvgIpc) is 2.93. The van der Waals surface area contributed by atoms with Gasteiger partial charge in [0.1, 0.15) is 11.6 Å². The molecule has 0 aliphatic carbocycles. The predicted molar refractivity (Wildman–Crippen MR) is 145 cm³/mol. The van der Waals surface area contributed by atoms with Crippen molar-refractivity contribution in [2.75, 3.05) is 48.4 Å². The zero-order chi connectivity index (χ0) is 25.9. The van der Waals surface area contributed by atoms with Gasteiger partial charge in [0.15, 0.2) is 0 Å². The molecule has 8 nitrogen and oxygen atoms in total. The molecule has 8 heteroatoms. The first-order chi connectivity index (χ1) is 17.9. The number of benzene rings is 3. The monoisotopic (exact) mass is 496 g/mol. The van der Waals surface area contributed by atoms with E-state index in [9.17, 15) is 14.7 Å². The molecule has 5 rings (SSSR count). The van der Waals surface area contributed by atoms with E-state index in [-0.39, 0.29) is 11.5 Å². The van der Waals surface area contributed by atoms with E-state index in [0.717, 1.165) is 30.1 Å². The lowest BCUT2D eigenvalue weighted by Crippen LogP contribution is -2.46. The lowest BCUT2D eigenvalue weighted by atomic mass is 10.1. The van der Waals surface area contributed by atoms with Gasteiger partial charge in [0.25, 0.3) is 5.91 Å². The summed E-state index contributed by atoms with van der Waals surface area (Å²) in [6.07, 6.45) is 0. The number of carboxylic acid groups (broad SMARTS) is 1. The minimum Gasteiger partial charge on any atom is -0.497 e. The van der Waals surface area contributed by atoms with Crippen LogP contribution in [0, 0.1) is 6.92 Å². The molecule has 1 aromatic heterocycles. The van der Waals surface area contributed by atoms with Gasteiger partial charge in [-0.3, -0.25) is 4.79 Å². The number of aromatic nitrogens is 1. The first-order valence-corrected chi connectivity index (χ1v) is 12.1. The third kappa shape index (κ3) is 5.18. The normalized spacial score (nSPS) is 13.5. The Morgan fingerprint density at radius 1 is 0.892 bits per heavy atom. The van der Waals surface area contributed by atoms with Gasteiger partial charge in [-0.05, 0) is 67.6 Å². The molecule has 2 heterocycles. The van der Waals surface area contributed by atoms with Gasteiger partial charge in [0, 0.05) is 48.5 Å². The number of carboxylic acids is 1. The zero-order valence-corrected chi connectivity index (χ0v) is 20.8. The highest BCUT2D eigenvalue weighted by Gasteiger charge is 2.21. The number of aromatic carboxylic acids is 1. The van der Waals surface area contributed by atoms with Gasteiger partial charge >= 0.3 is 5.97 Å². The molecule has 0 radical (unpaired) electrons. The second-order valence-corrected chi connectivity index (χ2v) is 9.06. The van der Waals surface area contributed by atoms with Crippen molar-refractivity contribution in [3.8, 4) is 5.75 Å². The fraction of sp³-hybridized carbons (Fsp3) is 0.207. The van der Waals surface area contributed by atoms with Crippen LogP contribution in [0.1, 0.15) is 26.3 Å². The number of ether oxygens (including phenoxy) is 1. The maximum Gasteiger partial charge on any atom is 0.336 e. The largest absolute Gasteiger partial charge is 0.497 e. The van der Waals surface area contributed by atoms with Crippen LogP contribution in [-0.4, -0.2) is 55.3 Å². The summed E-state index contributed by atoms with van der Waals surface area (Å²) in [6, 6.07) is 22.0. The molecule has 188 valence electrons. The van der Waals surface area contributed by atoms with Crippen LogP contribution < -0.4 is 19.9 Å². The number of hydrogen-bond acceptors (Lipinski definition) is 6. The molecule has 4 aromatic rings. The molecule has 2 N–H and O–H groups in total. The van der Waals surface area contributed by atoms with Crippen LogP contribution in [-0.2, 0) is 0 Å². The Morgan fingerprint density at radius 3 is 2.22 bits per heavy atom. The molecule has 1 fully saturated rings. The van der Waals surface area contributed by atoms with Crippen LogP contribution in [0.25, 0.3) is 10.9 Å². The smallest absolute Gasteiger partial charge is 0.336 e. The van der Waals surface area contributed by atoms with Crippen molar-refractivity contribution in [2.24, 2.45) is 0 Å². The van der Waals surface area contributed by atoms with Crippen LogP contribution in [0.5, 0.6) is 5.75 Å². The molecule has 0 saturated carbocycles. The molecule has 0 atom stereocenters. The summed E-state index contributed by atoms with van der Waals surface area (Å²) in [6.45, 7) is 4.97. The maximum atomic E-state index is 12.6. The number of fused-ring (bicyclic) bond motifs is 1. The first kappa shape index (κ1) is 24.1. The first-order valence-electron chi connectivity index (χ1n) is 12.1. The van der Waals surface area contributed by atoms with Crippen molar-refractivity contribution in [1.82, 2.24) is 4.98 Å². The molecule has 3 aromatic carbocycles. The topological polar surface area (TPSA) is 95.0 Å². The summed E-state index contributed by atoms with van der Waals surface area (Å²) in [5.74, 6) is 0.167. The van der Waals surface area contributed by atoms with E-state index in [2.05, 4.69) is 15.1 Å². The van der Waals surface area contributed by atoms with Gasteiger partial charge in [0.05, 0.1) is 18.2 Å². The molecule has 37 heavy (non-hydrogen) atoms. The Labute approximate surface area is 215 Å². The number of hydrogen-bond donors (Lipinski definition) is 2. The number of carbonyl (C=O) groups excluding carboxylic acids is 1. The van der Waals surface area contributed by atoms with Crippen molar-refractivity contribution >= 4 is 40.0 Å². The Morgan fingerprint density at radius 2 is 1.57 bits per heavy atom. The number of piperazine rings is 1. The van der Waals surface area contributed by atoms with Crippen LogP contribution in [0.4, 0.5) is 17.2 Å². The third-order valence-corrected chi connectivity index (χ3v) is 6.64. The van der Waals surface area contributed by atoms with Crippen molar-refractivity contribution in [1.29, 1.82) is 0 Å². The number of carbonyl (C=O) groups is 2. The summed E-state index contributed by atoms with van der Waals surface area (Å²) in [7, 11) is 1.65. The van der Waals surface area contributed by atoms with Crippen LogP contribution >= 0.6 is 0 Å². The number of aryl methyl sites for hydroxylation is 1. The number of methoxy groups -OCH3 is 1. The fourth-order valence-corrected chi connectivity index (χ4v) is 4.52. The van der Waals surface area contributed by atoms with Crippen molar-refractivity contribution in [3.05, 3.63) is 89.5 Å². The van der Waals surface area contributed by atoms with Gasteiger partial charge in [-0.25, -0.2) is 9.78 Å². The molecule has 0 unspecified atom stereocenters. The summed E-state index contributed by atoms with van der Waals surface area (Å²) < 4.78 is 5.24.